The van der Waals surface area contributed by atoms with Gasteiger partial charge in [0.2, 0.25) is 0 Å². The Kier molecular flexibility index (Phi) is 7.73. The van der Waals surface area contributed by atoms with Gasteiger partial charge in [-0.25, -0.2) is 0 Å². The van der Waals surface area contributed by atoms with E-state index in [4.69, 9.17) is 0 Å². The van der Waals surface area contributed by atoms with Gasteiger partial charge in [-0.3, -0.25) is 4.90 Å². The van der Waals surface area contributed by atoms with Crippen LogP contribution in [0.3, 0.4) is 0 Å². The molecule has 1 aliphatic rings. The van der Waals surface area contributed by atoms with Gasteiger partial charge < -0.3 is 0 Å². The lowest BCUT2D eigenvalue weighted by Gasteiger charge is -2.32. The molecule has 0 saturated heterocycles. The number of alkyl halides is 3. The molecule has 0 N–H and O–H groups in total. The molecule has 0 spiro atoms. The van der Waals surface area contributed by atoms with Crippen LogP contribution >= 0.6 is 12.4 Å². The zero-order valence-electron chi connectivity index (χ0n) is 16.3. The maximum Gasteiger partial charge on any atom is 0.416 e. The molecule has 0 bridgehead atoms. The number of allylic oxidation sites excluding steroid dienone is 1. The van der Waals surface area contributed by atoms with Crippen LogP contribution in [-0.4, -0.2) is 19.0 Å². The summed E-state index contributed by atoms with van der Waals surface area (Å²) in [5, 5.41) is 0. The van der Waals surface area contributed by atoms with Gasteiger partial charge in [-0.1, -0.05) is 54.1 Å². The summed E-state index contributed by atoms with van der Waals surface area (Å²) in [5.74, 6) is 0. The summed E-state index contributed by atoms with van der Waals surface area (Å²) >= 11 is 0. The SMILES string of the molecule is CN(C)C(C1=C(Cc2cccc(C(F)(F)F)c2)CCCC1)c1ccccc1.Cl. The number of likely N-dealkylation sites (N-methyl/N-ethyl adjacent to an activating group) is 1. The molecule has 0 radical (unpaired) electrons. The lowest BCUT2D eigenvalue weighted by atomic mass is 9.81. The third-order valence-corrected chi connectivity index (χ3v) is 5.26. The molecule has 0 saturated carbocycles. The van der Waals surface area contributed by atoms with Crippen LogP contribution in [0.4, 0.5) is 13.2 Å². The van der Waals surface area contributed by atoms with E-state index in [9.17, 15) is 13.2 Å². The van der Waals surface area contributed by atoms with Crippen molar-refractivity contribution < 1.29 is 13.2 Å². The predicted octanol–water partition coefficient (Wildman–Crippen LogP) is 6.84. The number of halogens is 4. The Bertz CT molecular complexity index is 797. The highest BCUT2D eigenvalue weighted by molar-refractivity contribution is 5.85. The van der Waals surface area contributed by atoms with Crippen LogP contribution in [0, 0.1) is 0 Å². The first-order valence-electron chi connectivity index (χ1n) is 9.44. The summed E-state index contributed by atoms with van der Waals surface area (Å²) in [6.07, 6.45) is 0.506. The topological polar surface area (TPSA) is 3.24 Å². The van der Waals surface area contributed by atoms with Gasteiger partial charge in [-0.15, -0.1) is 12.4 Å². The molecule has 2 aromatic carbocycles. The molecule has 2 aromatic rings. The van der Waals surface area contributed by atoms with Crippen molar-refractivity contribution in [3.05, 3.63) is 82.4 Å². The summed E-state index contributed by atoms with van der Waals surface area (Å²) in [6, 6.07) is 16.3. The van der Waals surface area contributed by atoms with Crippen LogP contribution in [0.2, 0.25) is 0 Å². The first-order chi connectivity index (χ1) is 12.9. The average molecular weight is 410 g/mol. The van der Waals surface area contributed by atoms with Crippen LogP contribution in [0.5, 0.6) is 0 Å². The Morgan fingerprint density at radius 1 is 0.929 bits per heavy atom. The standard InChI is InChI=1S/C23H26F3N.ClH/c1-27(2)22(18-10-4-3-5-11-18)21-14-7-6-12-19(21)15-17-9-8-13-20(16-17)23(24,25)26;/h3-5,8-11,13,16,22H,6-7,12,14-15H2,1-2H3;1H. The number of hydrogen-bond donors (Lipinski definition) is 0. The minimum atomic E-state index is -4.30. The Balaban J connectivity index is 0.00000280. The summed E-state index contributed by atoms with van der Waals surface area (Å²) < 4.78 is 39.2. The van der Waals surface area contributed by atoms with Gasteiger partial charge in [0, 0.05) is 0 Å². The molecular weight excluding hydrogens is 383 g/mol. The Labute approximate surface area is 171 Å². The molecular formula is C23H27ClF3N. The fourth-order valence-corrected chi connectivity index (χ4v) is 4.07. The highest BCUT2D eigenvalue weighted by Crippen LogP contribution is 2.38. The van der Waals surface area contributed by atoms with Crippen LogP contribution in [0.1, 0.15) is 48.4 Å². The van der Waals surface area contributed by atoms with Gasteiger partial charge in [0.05, 0.1) is 11.6 Å². The maximum absolute atomic E-state index is 13.1. The highest BCUT2D eigenvalue weighted by Gasteiger charge is 2.30. The van der Waals surface area contributed by atoms with E-state index in [1.165, 1.54) is 28.8 Å². The van der Waals surface area contributed by atoms with Crippen molar-refractivity contribution in [1.29, 1.82) is 0 Å². The van der Waals surface area contributed by atoms with Gasteiger partial charge >= 0.3 is 6.18 Å². The number of benzene rings is 2. The molecule has 5 heteroatoms. The second-order valence-electron chi connectivity index (χ2n) is 7.49. The van der Waals surface area contributed by atoms with Crippen molar-refractivity contribution in [1.82, 2.24) is 4.90 Å². The largest absolute Gasteiger partial charge is 0.416 e. The quantitative estimate of drug-likeness (QED) is 0.488. The van der Waals surface area contributed by atoms with Gasteiger partial charge in [0.25, 0.3) is 0 Å². The molecule has 0 aliphatic heterocycles. The van der Waals surface area contributed by atoms with Gasteiger partial charge in [0.15, 0.2) is 0 Å². The first-order valence-corrected chi connectivity index (χ1v) is 9.44. The number of rotatable bonds is 5. The fraction of sp³-hybridized carbons (Fsp3) is 0.391. The van der Waals surface area contributed by atoms with E-state index in [0.717, 1.165) is 37.3 Å². The van der Waals surface area contributed by atoms with Crippen molar-refractivity contribution in [2.24, 2.45) is 0 Å². The zero-order chi connectivity index (χ0) is 19.4. The van der Waals surface area contributed by atoms with E-state index in [1.54, 1.807) is 0 Å². The minimum absolute atomic E-state index is 0. The summed E-state index contributed by atoms with van der Waals surface area (Å²) in [7, 11) is 4.14. The molecule has 3 rings (SSSR count). The minimum Gasteiger partial charge on any atom is -0.299 e. The van der Waals surface area contributed by atoms with E-state index in [-0.39, 0.29) is 18.4 Å². The Morgan fingerprint density at radius 2 is 1.61 bits per heavy atom. The Morgan fingerprint density at radius 3 is 2.25 bits per heavy atom. The smallest absolute Gasteiger partial charge is 0.299 e. The lowest BCUT2D eigenvalue weighted by molar-refractivity contribution is -0.137. The lowest BCUT2D eigenvalue weighted by Crippen LogP contribution is -2.24. The second kappa shape index (κ2) is 9.62. The first kappa shape index (κ1) is 22.5. The third-order valence-electron chi connectivity index (χ3n) is 5.26. The zero-order valence-corrected chi connectivity index (χ0v) is 17.1. The van der Waals surface area contributed by atoms with Crippen molar-refractivity contribution in [3.8, 4) is 0 Å². The van der Waals surface area contributed by atoms with Gasteiger partial charge in [-0.2, -0.15) is 13.2 Å². The second-order valence-corrected chi connectivity index (χ2v) is 7.49. The molecule has 1 nitrogen and oxygen atoms in total. The molecule has 0 heterocycles. The van der Waals surface area contributed by atoms with E-state index >= 15 is 0 Å². The molecule has 1 unspecified atom stereocenters. The maximum atomic E-state index is 13.1. The Hall–Kier alpha value is -1.78. The summed E-state index contributed by atoms with van der Waals surface area (Å²) in [5.41, 5.74) is 4.08. The normalized spacial score (nSPS) is 16.1. The number of hydrogen-bond acceptors (Lipinski definition) is 1. The summed E-state index contributed by atoms with van der Waals surface area (Å²) in [4.78, 5) is 2.21. The van der Waals surface area contributed by atoms with Crippen molar-refractivity contribution in [2.45, 2.75) is 44.3 Å². The van der Waals surface area contributed by atoms with E-state index in [0.29, 0.717) is 6.42 Å². The van der Waals surface area contributed by atoms with E-state index < -0.39 is 11.7 Å². The van der Waals surface area contributed by atoms with Crippen molar-refractivity contribution >= 4 is 12.4 Å². The van der Waals surface area contributed by atoms with Gasteiger partial charge in [-0.05, 0) is 69.0 Å². The average Bonchev–Trinajstić information content (AvgIpc) is 2.63. The molecule has 28 heavy (non-hydrogen) atoms. The molecule has 152 valence electrons. The van der Waals surface area contributed by atoms with Crippen LogP contribution < -0.4 is 0 Å². The number of nitrogens with zero attached hydrogens (tertiary/aromatic N) is 1. The monoisotopic (exact) mass is 409 g/mol. The fourth-order valence-electron chi connectivity index (χ4n) is 4.07. The molecule has 0 amide bonds. The van der Waals surface area contributed by atoms with Crippen LogP contribution in [0.25, 0.3) is 0 Å². The molecule has 1 atom stereocenters. The van der Waals surface area contributed by atoms with Gasteiger partial charge in [0.1, 0.15) is 0 Å². The molecule has 1 aliphatic carbocycles. The highest BCUT2D eigenvalue weighted by atomic mass is 35.5. The van der Waals surface area contributed by atoms with Crippen molar-refractivity contribution in [2.75, 3.05) is 14.1 Å². The molecule has 0 aromatic heterocycles. The predicted molar refractivity (Wildman–Crippen MR) is 111 cm³/mol. The van der Waals surface area contributed by atoms with Crippen LogP contribution in [-0.2, 0) is 12.6 Å². The third kappa shape index (κ3) is 5.39. The van der Waals surface area contributed by atoms with Crippen LogP contribution in [0.15, 0.2) is 65.7 Å². The molecule has 0 fully saturated rings. The van der Waals surface area contributed by atoms with Crippen molar-refractivity contribution in [3.63, 3.8) is 0 Å². The van der Waals surface area contributed by atoms with E-state index in [1.807, 2.05) is 24.3 Å². The summed E-state index contributed by atoms with van der Waals surface area (Å²) in [6.45, 7) is 0. The van der Waals surface area contributed by atoms with E-state index in [2.05, 4.69) is 31.1 Å².